The van der Waals surface area contributed by atoms with Crippen molar-refractivity contribution in [1.29, 1.82) is 0 Å². The standard InChI is InChI=1S/C13H10Cl2N2O/c14-9-4-2-5-10(15)13(9)11(18)7-8-3-1-6-12(16)17-8/h1-6H,7H2,(H2,16,17). The monoisotopic (exact) mass is 280 g/mol. The van der Waals surface area contributed by atoms with Crippen LogP contribution < -0.4 is 5.73 Å². The van der Waals surface area contributed by atoms with Crippen molar-refractivity contribution in [3.05, 3.63) is 57.7 Å². The third-order valence-electron chi connectivity index (χ3n) is 2.41. The summed E-state index contributed by atoms with van der Waals surface area (Å²) in [4.78, 5) is 16.2. The lowest BCUT2D eigenvalue weighted by atomic mass is 10.1. The molecule has 2 aromatic rings. The van der Waals surface area contributed by atoms with Gasteiger partial charge in [-0.3, -0.25) is 4.79 Å². The van der Waals surface area contributed by atoms with E-state index in [0.29, 0.717) is 27.1 Å². The Hall–Kier alpha value is -1.58. The van der Waals surface area contributed by atoms with Crippen LogP contribution in [0.3, 0.4) is 0 Å². The van der Waals surface area contributed by atoms with E-state index < -0.39 is 0 Å². The lowest BCUT2D eigenvalue weighted by molar-refractivity contribution is 0.0992. The van der Waals surface area contributed by atoms with Crippen LogP contribution in [0, 0.1) is 0 Å². The van der Waals surface area contributed by atoms with Gasteiger partial charge >= 0.3 is 0 Å². The molecule has 5 heteroatoms. The van der Waals surface area contributed by atoms with Gasteiger partial charge in [-0.05, 0) is 24.3 Å². The van der Waals surface area contributed by atoms with Crippen molar-refractivity contribution in [3.8, 4) is 0 Å². The van der Waals surface area contributed by atoms with Gasteiger partial charge < -0.3 is 5.73 Å². The van der Waals surface area contributed by atoms with E-state index >= 15 is 0 Å². The summed E-state index contributed by atoms with van der Waals surface area (Å²) in [5, 5.41) is 0.688. The van der Waals surface area contributed by atoms with Gasteiger partial charge in [0.25, 0.3) is 0 Å². The summed E-state index contributed by atoms with van der Waals surface area (Å²) in [6.07, 6.45) is 0.120. The fourth-order valence-corrected chi connectivity index (χ4v) is 2.22. The number of nitrogens with two attached hydrogens (primary N) is 1. The quantitative estimate of drug-likeness (QED) is 0.877. The zero-order valence-corrected chi connectivity index (χ0v) is 10.9. The molecule has 0 unspecified atom stereocenters. The average Bonchev–Trinajstić information content (AvgIpc) is 2.28. The van der Waals surface area contributed by atoms with Gasteiger partial charge in [0.15, 0.2) is 5.78 Å². The highest BCUT2D eigenvalue weighted by Gasteiger charge is 2.15. The lowest BCUT2D eigenvalue weighted by Crippen LogP contribution is -2.07. The largest absolute Gasteiger partial charge is 0.384 e. The van der Waals surface area contributed by atoms with Gasteiger partial charge in [-0.15, -0.1) is 0 Å². The van der Waals surface area contributed by atoms with Crippen molar-refractivity contribution < 1.29 is 4.79 Å². The molecule has 0 fully saturated rings. The highest BCUT2D eigenvalue weighted by molar-refractivity contribution is 6.39. The van der Waals surface area contributed by atoms with Crippen LogP contribution in [0.1, 0.15) is 16.1 Å². The maximum absolute atomic E-state index is 12.1. The molecule has 0 aliphatic heterocycles. The zero-order chi connectivity index (χ0) is 13.1. The molecule has 0 bridgehead atoms. The second-order valence-corrected chi connectivity index (χ2v) is 4.56. The Bertz CT molecular complexity index is 579. The van der Waals surface area contributed by atoms with Gasteiger partial charge in [0.1, 0.15) is 5.82 Å². The first kappa shape index (κ1) is 12.9. The Morgan fingerprint density at radius 3 is 2.33 bits per heavy atom. The molecule has 0 spiro atoms. The molecule has 1 aromatic carbocycles. The first-order chi connectivity index (χ1) is 8.58. The molecule has 3 nitrogen and oxygen atoms in total. The van der Waals surface area contributed by atoms with E-state index in [0.717, 1.165) is 0 Å². The number of pyridine rings is 1. The third kappa shape index (κ3) is 2.81. The number of Topliss-reactive ketones (excluding diaryl/α,β-unsaturated/α-hetero) is 1. The van der Waals surface area contributed by atoms with Crippen LogP contribution in [0.2, 0.25) is 10.0 Å². The molecule has 0 saturated carbocycles. The second-order valence-electron chi connectivity index (χ2n) is 3.75. The van der Waals surface area contributed by atoms with Crippen molar-refractivity contribution in [1.82, 2.24) is 4.98 Å². The van der Waals surface area contributed by atoms with Gasteiger partial charge in [0.05, 0.1) is 27.7 Å². The van der Waals surface area contributed by atoms with E-state index in [4.69, 9.17) is 28.9 Å². The summed E-state index contributed by atoms with van der Waals surface area (Å²) in [6.45, 7) is 0. The maximum Gasteiger partial charge on any atom is 0.171 e. The zero-order valence-electron chi connectivity index (χ0n) is 9.36. The Labute approximate surface area is 115 Å². The van der Waals surface area contributed by atoms with Crippen LogP contribution in [-0.2, 0) is 6.42 Å². The fourth-order valence-electron chi connectivity index (χ4n) is 1.61. The number of benzene rings is 1. The van der Waals surface area contributed by atoms with E-state index in [2.05, 4.69) is 4.98 Å². The lowest BCUT2D eigenvalue weighted by Gasteiger charge is -2.06. The maximum atomic E-state index is 12.1. The third-order valence-corrected chi connectivity index (χ3v) is 3.04. The summed E-state index contributed by atoms with van der Waals surface area (Å²) in [6, 6.07) is 10.1. The Morgan fingerprint density at radius 2 is 1.72 bits per heavy atom. The molecule has 0 aliphatic rings. The highest BCUT2D eigenvalue weighted by atomic mass is 35.5. The van der Waals surface area contributed by atoms with Crippen LogP contribution in [0.5, 0.6) is 0 Å². The van der Waals surface area contributed by atoms with Crippen LogP contribution in [0.15, 0.2) is 36.4 Å². The van der Waals surface area contributed by atoms with Crippen molar-refractivity contribution in [3.63, 3.8) is 0 Å². The molecule has 2 rings (SSSR count). The molecular weight excluding hydrogens is 271 g/mol. The minimum Gasteiger partial charge on any atom is -0.384 e. The summed E-state index contributed by atoms with van der Waals surface area (Å²) in [5.41, 5.74) is 6.48. The summed E-state index contributed by atoms with van der Waals surface area (Å²) in [5.74, 6) is 0.203. The molecule has 1 aromatic heterocycles. The summed E-state index contributed by atoms with van der Waals surface area (Å²) < 4.78 is 0. The number of nitrogen functional groups attached to an aromatic ring is 1. The van der Waals surface area contributed by atoms with Crippen molar-refractivity contribution >= 4 is 34.8 Å². The Kier molecular flexibility index (Phi) is 3.84. The molecule has 0 aliphatic carbocycles. The van der Waals surface area contributed by atoms with Crippen LogP contribution >= 0.6 is 23.2 Å². The number of ketones is 1. The molecule has 0 radical (unpaired) electrons. The van der Waals surface area contributed by atoms with E-state index in [1.54, 1.807) is 36.4 Å². The van der Waals surface area contributed by atoms with Crippen molar-refractivity contribution in [2.75, 3.05) is 5.73 Å². The average molecular weight is 281 g/mol. The van der Waals surface area contributed by atoms with Crippen LogP contribution in [0.25, 0.3) is 0 Å². The smallest absolute Gasteiger partial charge is 0.171 e. The van der Waals surface area contributed by atoms with Crippen LogP contribution in [-0.4, -0.2) is 10.8 Å². The number of carbonyl (C=O) groups is 1. The van der Waals surface area contributed by atoms with Crippen molar-refractivity contribution in [2.45, 2.75) is 6.42 Å². The second kappa shape index (κ2) is 5.38. The molecule has 0 atom stereocenters. The molecule has 0 saturated heterocycles. The number of hydrogen-bond donors (Lipinski definition) is 1. The minimum atomic E-state index is -0.177. The first-order valence-electron chi connectivity index (χ1n) is 5.26. The van der Waals surface area contributed by atoms with E-state index in [-0.39, 0.29) is 12.2 Å². The Morgan fingerprint density at radius 1 is 1.11 bits per heavy atom. The number of carbonyl (C=O) groups excluding carboxylic acids is 1. The summed E-state index contributed by atoms with van der Waals surface area (Å²) >= 11 is 11.9. The first-order valence-corrected chi connectivity index (χ1v) is 6.02. The molecular formula is C13H10Cl2N2O. The number of aromatic nitrogens is 1. The van der Waals surface area contributed by atoms with Gasteiger partial charge in [0.2, 0.25) is 0 Å². The van der Waals surface area contributed by atoms with Gasteiger partial charge in [-0.2, -0.15) is 0 Å². The normalized spacial score (nSPS) is 10.3. The molecule has 0 amide bonds. The summed E-state index contributed by atoms with van der Waals surface area (Å²) in [7, 11) is 0. The number of halogens is 2. The van der Waals surface area contributed by atoms with Crippen LogP contribution in [0.4, 0.5) is 5.82 Å². The molecule has 1 heterocycles. The van der Waals surface area contributed by atoms with Gasteiger partial charge in [0, 0.05) is 0 Å². The molecule has 2 N–H and O–H groups in total. The predicted octanol–water partition coefficient (Wildman–Crippen LogP) is 3.40. The molecule has 92 valence electrons. The van der Waals surface area contributed by atoms with E-state index in [9.17, 15) is 4.79 Å². The number of nitrogens with zero attached hydrogens (tertiary/aromatic N) is 1. The topological polar surface area (TPSA) is 56.0 Å². The number of rotatable bonds is 3. The SMILES string of the molecule is Nc1cccc(CC(=O)c2c(Cl)cccc2Cl)n1. The Balaban J connectivity index is 2.28. The molecule has 18 heavy (non-hydrogen) atoms. The van der Waals surface area contributed by atoms with E-state index in [1.165, 1.54) is 0 Å². The highest BCUT2D eigenvalue weighted by Crippen LogP contribution is 2.25. The predicted molar refractivity (Wildman–Crippen MR) is 73.1 cm³/mol. The van der Waals surface area contributed by atoms with Crippen molar-refractivity contribution in [2.24, 2.45) is 0 Å². The number of anilines is 1. The number of hydrogen-bond acceptors (Lipinski definition) is 3. The minimum absolute atomic E-state index is 0.120. The van der Waals surface area contributed by atoms with E-state index in [1.807, 2.05) is 0 Å². The van der Waals surface area contributed by atoms with Gasteiger partial charge in [-0.1, -0.05) is 35.3 Å². The fraction of sp³-hybridized carbons (Fsp3) is 0.0769. The van der Waals surface area contributed by atoms with Gasteiger partial charge in [-0.25, -0.2) is 4.98 Å².